The molecule has 0 aliphatic carbocycles. The van der Waals surface area contributed by atoms with E-state index in [1.807, 2.05) is 6.92 Å². The highest BCUT2D eigenvalue weighted by Crippen LogP contribution is 2.25. The smallest absolute Gasteiger partial charge is 0.180 e. The number of ether oxygens (including phenoxy) is 1. The van der Waals surface area contributed by atoms with Crippen molar-refractivity contribution in [2.75, 3.05) is 56.6 Å². The molecular formula is C20H26N6O. The highest BCUT2D eigenvalue weighted by atomic mass is 16.5. The van der Waals surface area contributed by atoms with Gasteiger partial charge in [0.1, 0.15) is 11.3 Å². The quantitative estimate of drug-likeness (QED) is 0.652. The van der Waals surface area contributed by atoms with Crippen LogP contribution in [0.3, 0.4) is 0 Å². The van der Waals surface area contributed by atoms with Crippen molar-refractivity contribution in [1.82, 2.24) is 19.9 Å². The molecule has 0 radical (unpaired) electrons. The molecule has 0 unspecified atom stereocenters. The number of imidazole rings is 1. The molecule has 1 aromatic carbocycles. The van der Waals surface area contributed by atoms with Crippen LogP contribution in [0.2, 0.25) is 0 Å². The normalized spacial score (nSPS) is 15.5. The summed E-state index contributed by atoms with van der Waals surface area (Å²) in [6, 6.07) is 10.3. The van der Waals surface area contributed by atoms with Gasteiger partial charge in [-0.05, 0) is 37.3 Å². The number of piperazine rings is 1. The minimum absolute atomic E-state index is 0.650. The zero-order chi connectivity index (χ0) is 18.6. The number of nitrogens with two attached hydrogens (primary N) is 1. The monoisotopic (exact) mass is 366 g/mol. The summed E-state index contributed by atoms with van der Waals surface area (Å²) in [7, 11) is 0. The minimum atomic E-state index is 0.650. The summed E-state index contributed by atoms with van der Waals surface area (Å²) >= 11 is 0. The van der Waals surface area contributed by atoms with Gasteiger partial charge >= 0.3 is 0 Å². The number of aromatic nitrogens is 3. The first-order valence-corrected chi connectivity index (χ1v) is 9.50. The van der Waals surface area contributed by atoms with E-state index >= 15 is 0 Å². The summed E-state index contributed by atoms with van der Waals surface area (Å²) in [6.45, 7) is 8.89. The predicted molar refractivity (Wildman–Crippen MR) is 109 cm³/mol. The molecule has 0 spiro atoms. The van der Waals surface area contributed by atoms with Crippen LogP contribution in [0.1, 0.15) is 6.92 Å². The number of nitrogens with one attached hydrogen (secondary N) is 1. The van der Waals surface area contributed by atoms with Crippen molar-refractivity contribution in [1.29, 1.82) is 0 Å². The van der Waals surface area contributed by atoms with E-state index in [2.05, 4.69) is 49.0 Å². The zero-order valence-corrected chi connectivity index (χ0v) is 15.7. The fourth-order valence-corrected chi connectivity index (χ4v) is 3.46. The lowest BCUT2D eigenvalue weighted by molar-refractivity contribution is 0.111. The molecule has 7 nitrogen and oxygen atoms in total. The Morgan fingerprint density at radius 3 is 2.59 bits per heavy atom. The first kappa shape index (κ1) is 17.8. The van der Waals surface area contributed by atoms with E-state index in [1.165, 1.54) is 5.69 Å². The van der Waals surface area contributed by atoms with Crippen LogP contribution in [0.4, 0.5) is 11.4 Å². The summed E-state index contributed by atoms with van der Waals surface area (Å²) in [5.41, 5.74) is 10.4. The second kappa shape index (κ2) is 7.94. The zero-order valence-electron chi connectivity index (χ0n) is 15.7. The first-order valence-electron chi connectivity index (χ1n) is 9.50. The molecule has 142 valence electrons. The Labute approximate surface area is 159 Å². The van der Waals surface area contributed by atoms with E-state index in [4.69, 9.17) is 10.5 Å². The maximum absolute atomic E-state index is 5.99. The molecule has 2 aromatic heterocycles. The number of hydrogen-bond acceptors (Lipinski definition) is 6. The number of anilines is 2. The van der Waals surface area contributed by atoms with Crippen LogP contribution >= 0.6 is 0 Å². The average Bonchev–Trinajstić information content (AvgIpc) is 3.15. The number of fused-ring (bicyclic) bond motifs is 1. The van der Waals surface area contributed by atoms with Crippen molar-refractivity contribution in [3.05, 3.63) is 36.5 Å². The number of pyridine rings is 1. The van der Waals surface area contributed by atoms with Gasteiger partial charge in [-0.25, -0.2) is 9.97 Å². The lowest BCUT2D eigenvalue weighted by Gasteiger charge is -2.36. The van der Waals surface area contributed by atoms with Crippen LogP contribution in [0.15, 0.2) is 36.5 Å². The van der Waals surface area contributed by atoms with Crippen molar-refractivity contribution in [2.45, 2.75) is 6.92 Å². The first-order chi connectivity index (χ1) is 13.2. The van der Waals surface area contributed by atoms with Gasteiger partial charge in [-0.15, -0.1) is 0 Å². The van der Waals surface area contributed by atoms with Crippen molar-refractivity contribution in [2.24, 2.45) is 0 Å². The van der Waals surface area contributed by atoms with Crippen molar-refractivity contribution in [3.8, 4) is 11.4 Å². The fourth-order valence-electron chi connectivity index (χ4n) is 3.46. The van der Waals surface area contributed by atoms with Crippen LogP contribution in [0.5, 0.6) is 0 Å². The maximum Gasteiger partial charge on any atom is 0.180 e. The van der Waals surface area contributed by atoms with Crippen LogP contribution in [-0.2, 0) is 4.74 Å². The molecule has 3 N–H and O–H groups in total. The second-order valence-corrected chi connectivity index (χ2v) is 6.76. The number of aromatic amines is 1. The van der Waals surface area contributed by atoms with E-state index in [9.17, 15) is 0 Å². The lowest BCUT2D eigenvalue weighted by atomic mass is 10.1. The molecule has 0 amide bonds. The van der Waals surface area contributed by atoms with Crippen LogP contribution in [0, 0.1) is 0 Å². The van der Waals surface area contributed by atoms with Crippen LogP contribution < -0.4 is 10.6 Å². The number of nitrogen functional groups attached to an aromatic ring is 1. The van der Waals surface area contributed by atoms with Gasteiger partial charge in [0.15, 0.2) is 5.65 Å². The molecule has 1 saturated heterocycles. The Kier molecular flexibility index (Phi) is 5.22. The number of hydrogen-bond donors (Lipinski definition) is 2. The van der Waals surface area contributed by atoms with Gasteiger partial charge in [-0.1, -0.05) is 0 Å². The standard InChI is InChI=1S/C20H26N6O/c1-2-27-14-13-25-9-11-26(12-10-25)16-5-3-15(4-6-16)19-23-18-17(21)7-8-22-20(18)24-19/h3-8H,2,9-14H2,1H3,(H3,21,22,23,24). The highest BCUT2D eigenvalue weighted by molar-refractivity contribution is 5.86. The number of rotatable bonds is 6. The Morgan fingerprint density at radius 2 is 1.89 bits per heavy atom. The van der Waals surface area contributed by atoms with Gasteiger partial charge in [0.25, 0.3) is 0 Å². The van der Waals surface area contributed by atoms with E-state index in [0.29, 0.717) is 11.3 Å². The predicted octanol–water partition coefficient (Wildman–Crippen LogP) is 2.37. The van der Waals surface area contributed by atoms with Crippen molar-refractivity contribution >= 4 is 22.5 Å². The Bertz CT molecular complexity index is 883. The molecule has 1 aliphatic rings. The van der Waals surface area contributed by atoms with Crippen molar-refractivity contribution in [3.63, 3.8) is 0 Å². The fraction of sp³-hybridized carbons (Fsp3) is 0.400. The molecule has 1 aliphatic heterocycles. The molecule has 7 heteroatoms. The van der Waals surface area contributed by atoms with Gasteiger partial charge in [0, 0.05) is 56.8 Å². The summed E-state index contributed by atoms with van der Waals surface area (Å²) in [5, 5.41) is 0. The topological polar surface area (TPSA) is 83.3 Å². The number of nitrogens with zero attached hydrogens (tertiary/aromatic N) is 4. The Morgan fingerprint density at radius 1 is 1.11 bits per heavy atom. The summed E-state index contributed by atoms with van der Waals surface area (Å²) in [6.07, 6.45) is 1.68. The molecule has 0 atom stereocenters. The van der Waals surface area contributed by atoms with Crippen LogP contribution in [0.25, 0.3) is 22.6 Å². The summed E-state index contributed by atoms with van der Waals surface area (Å²) in [5.74, 6) is 0.794. The highest BCUT2D eigenvalue weighted by Gasteiger charge is 2.17. The average molecular weight is 366 g/mol. The minimum Gasteiger partial charge on any atom is -0.397 e. The molecule has 3 aromatic rings. The molecule has 1 fully saturated rings. The third kappa shape index (κ3) is 3.89. The Balaban J connectivity index is 1.41. The van der Waals surface area contributed by atoms with Gasteiger partial charge in [0.05, 0.1) is 12.3 Å². The van der Waals surface area contributed by atoms with Crippen LogP contribution in [-0.4, -0.2) is 65.8 Å². The molecule has 0 bridgehead atoms. The lowest BCUT2D eigenvalue weighted by Crippen LogP contribution is -2.47. The van der Waals surface area contributed by atoms with Gasteiger partial charge in [-0.3, -0.25) is 4.90 Å². The maximum atomic E-state index is 5.99. The number of benzene rings is 1. The molecule has 27 heavy (non-hydrogen) atoms. The summed E-state index contributed by atoms with van der Waals surface area (Å²) < 4.78 is 5.46. The third-order valence-electron chi connectivity index (χ3n) is 5.06. The molecular weight excluding hydrogens is 340 g/mol. The van der Waals surface area contributed by atoms with Gasteiger partial charge in [-0.2, -0.15) is 0 Å². The molecule has 0 saturated carbocycles. The Hall–Kier alpha value is -2.64. The van der Waals surface area contributed by atoms with E-state index in [-0.39, 0.29) is 0 Å². The number of H-pyrrole nitrogens is 1. The van der Waals surface area contributed by atoms with Gasteiger partial charge < -0.3 is 20.4 Å². The largest absolute Gasteiger partial charge is 0.397 e. The SMILES string of the molecule is CCOCCN1CCN(c2ccc(-c3nc4nccc(N)c4[nH]3)cc2)CC1. The molecule has 4 rings (SSSR count). The van der Waals surface area contributed by atoms with E-state index < -0.39 is 0 Å². The summed E-state index contributed by atoms with van der Waals surface area (Å²) in [4.78, 5) is 17.0. The molecule has 3 heterocycles. The van der Waals surface area contributed by atoms with Crippen molar-refractivity contribution < 1.29 is 4.74 Å². The third-order valence-corrected chi connectivity index (χ3v) is 5.06. The van der Waals surface area contributed by atoms with Gasteiger partial charge in [0.2, 0.25) is 0 Å². The second-order valence-electron chi connectivity index (χ2n) is 6.76. The van der Waals surface area contributed by atoms with E-state index in [1.54, 1.807) is 12.3 Å². The van der Waals surface area contributed by atoms with E-state index in [0.717, 1.165) is 62.8 Å².